The largest absolute Gasteiger partial charge is 0.464 e. The van der Waals surface area contributed by atoms with Crippen molar-refractivity contribution in [3.8, 4) is 11.5 Å². The molecule has 0 radical (unpaired) electrons. The van der Waals surface area contributed by atoms with E-state index in [1.165, 1.54) is 0 Å². The van der Waals surface area contributed by atoms with Crippen molar-refractivity contribution in [2.45, 2.75) is 0 Å². The number of benzene rings is 1. The standard InChI is InChI=1S/C15H22N2O6S/c1-18-3-5-20-9-22-13-7-11-12(17-15(24)16-11)8-14(13)23-10-21-6-4-19-2/h7-8H,3-6,9-10H2,1-2H3,(H2,16,17,24). The molecule has 1 heterocycles. The summed E-state index contributed by atoms with van der Waals surface area (Å²) in [6, 6.07) is 3.59. The van der Waals surface area contributed by atoms with Crippen molar-refractivity contribution < 1.29 is 28.4 Å². The summed E-state index contributed by atoms with van der Waals surface area (Å²) < 4.78 is 32.2. The molecule has 0 atom stereocenters. The van der Waals surface area contributed by atoms with Gasteiger partial charge in [0.05, 0.1) is 37.5 Å². The number of hydrogen-bond acceptors (Lipinski definition) is 7. The van der Waals surface area contributed by atoms with Crippen molar-refractivity contribution >= 4 is 23.3 Å². The molecule has 0 saturated carbocycles. The van der Waals surface area contributed by atoms with Crippen molar-refractivity contribution in [3.05, 3.63) is 16.9 Å². The lowest BCUT2D eigenvalue weighted by Crippen LogP contribution is -2.10. The van der Waals surface area contributed by atoms with Gasteiger partial charge in [0.2, 0.25) is 0 Å². The third kappa shape index (κ3) is 5.77. The van der Waals surface area contributed by atoms with E-state index < -0.39 is 0 Å². The van der Waals surface area contributed by atoms with Gasteiger partial charge >= 0.3 is 0 Å². The highest BCUT2D eigenvalue weighted by atomic mass is 32.1. The summed E-state index contributed by atoms with van der Waals surface area (Å²) in [5.41, 5.74) is 1.64. The molecule has 0 aliphatic rings. The van der Waals surface area contributed by atoms with E-state index in [4.69, 9.17) is 40.6 Å². The van der Waals surface area contributed by atoms with Gasteiger partial charge in [-0.25, -0.2) is 0 Å². The molecular formula is C15H22N2O6S. The van der Waals surface area contributed by atoms with E-state index in [0.29, 0.717) is 42.7 Å². The zero-order valence-electron chi connectivity index (χ0n) is 13.8. The van der Waals surface area contributed by atoms with Crippen LogP contribution in [0.25, 0.3) is 11.0 Å². The summed E-state index contributed by atoms with van der Waals surface area (Å²) in [4.78, 5) is 6.07. The van der Waals surface area contributed by atoms with Crippen LogP contribution in [0, 0.1) is 4.77 Å². The molecule has 0 unspecified atom stereocenters. The van der Waals surface area contributed by atoms with Gasteiger partial charge in [0.1, 0.15) is 0 Å². The number of methoxy groups -OCH3 is 2. The molecule has 0 spiro atoms. The number of rotatable bonds is 12. The van der Waals surface area contributed by atoms with Gasteiger partial charge < -0.3 is 38.4 Å². The highest BCUT2D eigenvalue weighted by molar-refractivity contribution is 7.71. The third-order valence-corrected chi connectivity index (χ3v) is 3.24. The van der Waals surface area contributed by atoms with Crippen molar-refractivity contribution in [1.82, 2.24) is 9.97 Å². The second-order valence-corrected chi connectivity index (χ2v) is 5.16. The van der Waals surface area contributed by atoms with Gasteiger partial charge in [-0.05, 0) is 12.2 Å². The maximum atomic E-state index is 5.63. The van der Waals surface area contributed by atoms with Gasteiger partial charge in [-0.3, -0.25) is 0 Å². The number of H-pyrrole nitrogens is 2. The summed E-state index contributed by atoms with van der Waals surface area (Å²) in [5.74, 6) is 1.06. The number of imidazole rings is 1. The molecule has 24 heavy (non-hydrogen) atoms. The summed E-state index contributed by atoms with van der Waals surface area (Å²) in [6.45, 7) is 2.07. The first kappa shape index (κ1) is 18.7. The van der Waals surface area contributed by atoms with E-state index >= 15 is 0 Å². The van der Waals surface area contributed by atoms with Crippen LogP contribution in [0.3, 0.4) is 0 Å². The van der Waals surface area contributed by atoms with E-state index in [0.717, 1.165) is 11.0 Å². The lowest BCUT2D eigenvalue weighted by atomic mass is 10.3. The SMILES string of the molecule is COCCOCOc1cc2[nH]c(=S)[nH]c2cc1OCOCCOC. The molecule has 0 fully saturated rings. The molecule has 0 aliphatic carbocycles. The van der Waals surface area contributed by atoms with Crippen LogP contribution >= 0.6 is 12.2 Å². The minimum absolute atomic E-state index is 0.0842. The Morgan fingerprint density at radius 2 is 1.25 bits per heavy atom. The van der Waals surface area contributed by atoms with Crippen LogP contribution < -0.4 is 9.47 Å². The molecule has 1 aromatic heterocycles. The van der Waals surface area contributed by atoms with Crippen LogP contribution in [0.1, 0.15) is 0 Å². The van der Waals surface area contributed by atoms with Gasteiger partial charge in [0, 0.05) is 26.4 Å². The van der Waals surface area contributed by atoms with Crippen LogP contribution in [0.5, 0.6) is 11.5 Å². The predicted molar refractivity (Wildman–Crippen MR) is 90.1 cm³/mol. The minimum atomic E-state index is 0.0842. The van der Waals surface area contributed by atoms with Crippen LogP contribution in [0.4, 0.5) is 0 Å². The van der Waals surface area contributed by atoms with Crippen LogP contribution in [0.15, 0.2) is 12.1 Å². The quantitative estimate of drug-likeness (QED) is 0.342. The summed E-state index contributed by atoms with van der Waals surface area (Å²) in [5, 5.41) is 0. The van der Waals surface area contributed by atoms with E-state index in [9.17, 15) is 0 Å². The number of aromatic amines is 2. The Balaban J connectivity index is 2.00. The Morgan fingerprint density at radius 1 is 0.792 bits per heavy atom. The van der Waals surface area contributed by atoms with Crippen LogP contribution in [-0.2, 0) is 18.9 Å². The molecule has 134 valence electrons. The molecule has 8 nitrogen and oxygen atoms in total. The van der Waals surface area contributed by atoms with Crippen molar-refractivity contribution in [2.75, 3.05) is 54.2 Å². The fourth-order valence-corrected chi connectivity index (χ4v) is 2.10. The topological polar surface area (TPSA) is 87.0 Å². The van der Waals surface area contributed by atoms with Crippen LogP contribution in [0.2, 0.25) is 0 Å². The summed E-state index contributed by atoms with van der Waals surface area (Å²) in [6.07, 6.45) is 0. The average Bonchev–Trinajstić information content (AvgIpc) is 2.93. The van der Waals surface area contributed by atoms with Gasteiger partial charge in [0.25, 0.3) is 0 Å². The van der Waals surface area contributed by atoms with Crippen molar-refractivity contribution in [3.63, 3.8) is 0 Å². The fourth-order valence-electron chi connectivity index (χ4n) is 1.88. The lowest BCUT2D eigenvalue weighted by Gasteiger charge is -2.13. The van der Waals surface area contributed by atoms with Gasteiger partial charge in [-0.2, -0.15) is 0 Å². The fraction of sp³-hybridized carbons (Fsp3) is 0.533. The third-order valence-electron chi connectivity index (χ3n) is 3.04. The molecule has 2 rings (SSSR count). The lowest BCUT2D eigenvalue weighted by molar-refractivity contribution is -0.0206. The Labute approximate surface area is 145 Å². The highest BCUT2D eigenvalue weighted by Crippen LogP contribution is 2.31. The number of aromatic nitrogens is 2. The maximum Gasteiger partial charge on any atom is 0.189 e. The normalized spacial score (nSPS) is 11.1. The van der Waals surface area contributed by atoms with E-state index in [1.807, 2.05) is 0 Å². The Morgan fingerprint density at radius 3 is 1.67 bits per heavy atom. The van der Waals surface area contributed by atoms with Gasteiger partial charge in [-0.15, -0.1) is 0 Å². The Kier molecular flexibility index (Phi) is 7.99. The zero-order chi connectivity index (χ0) is 17.2. The first-order chi connectivity index (χ1) is 11.7. The minimum Gasteiger partial charge on any atom is -0.464 e. The summed E-state index contributed by atoms with van der Waals surface area (Å²) >= 11 is 5.10. The molecule has 2 N–H and O–H groups in total. The highest BCUT2D eigenvalue weighted by Gasteiger charge is 2.10. The number of fused-ring (bicyclic) bond motifs is 1. The predicted octanol–water partition coefficient (Wildman–Crippen LogP) is 2.22. The molecule has 1 aromatic carbocycles. The van der Waals surface area contributed by atoms with Crippen molar-refractivity contribution in [2.24, 2.45) is 0 Å². The second-order valence-electron chi connectivity index (χ2n) is 4.75. The second kappa shape index (κ2) is 10.3. The van der Waals surface area contributed by atoms with E-state index in [1.54, 1.807) is 26.4 Å². The maximum absolute atomic E-state index is 5.63. The Bertz CT molecular complexity index is 618. The molecule has 0 amide bonds. The molecule has 0 saturated heterocycles. The molecular weight excluding hydrogens is 336 g/mol. The zero-order valence-corrected chi connectivity index (χ0v) is 14.6. The first-order valence-electron chi connectivity index (χ1n) is 7.39. The van der Waals surface area contributed by atoms with Gasteiger partial charge in [-0.1, -0.05) is 0 Å². The smallest absolute Gasteiger partial charge is 0.189 e. The average molecular weight is 358 g/mol. The van der Waals surface area contributed by atoms with Crippen molar-refractivity contribution in [1.29, 1.82) is 0 Å². The Hall–Kier alpha value is -1.65. The molecule has 0 bridgehead atoms. The van der Waals surface area contributed by atoms with Crippen LogP contribution in [-0.4, -0.2) is 64.2 Å². The number of ether oxygens (including phenoxy) is 6. The summed E-state index contributed by atoms with van der Waals surface area (Å²) in [7, 11) is 3.23. The first-order valence-corrected chi connectivity index (χ1v) is 7.80. The molecule has 2 aromatic rings. The molecule has 9 heteroatoms. The molecule has 0 aliphatic heterocycles. The monoisotopic (exact) mass is 358 g/mol. The number of hydrogen-bond donors (Lipinski definition) is 2. The number of nitrogens with one attached hydrogen (secondary N) is 2. The van der Waals surface area contributed by atoms with Gasteiger partial charge in [0.15, 0.2) is 29.9 Å². The van der Waals surface area contributed by atoms with E-state index in [-0.39, 0.29) is 13.6 Å². The van der Waals surface area contributed by atoms with E-state index in [2.05, 4.69) is 9.97 Å².